The Morgan fingerprint density at radius 2 is 1.81 bits per heavy atom. The van der Waals surface area contributed by atoms with Crippen molar-refractivity contribution in [2.24, 2.45) is 5.10 Å². The van der Waals surface area contributed by atoms with Gasteiger partial charge in [0.05, 0.1) is 31.8 Å². The molecule has 3 aromatic rings. The molecule has 0 unspecified atom stereocenters. The molecule has 0 saturated carbocycles. The summed E-state index contributed by atoms with van der Waals surface area (Å²) >= 11 is 5.65. The van der Waals surface area contributed by atoms with E-state index in [0.29, 0.717) is 32.1 Å². The third kappa shape index (κ3) is 5.38. The van der Waals surface area contributed by atoms with Gasteiger partial charge in [0.15, 0.2) is 11.6 Å². The first-order chi connectivity index (χ1) is 15.1. The minimum absolute atomic E-state index is 0.119. The van der Waals surface area contributed by atoms with Crippen molar-refractivity contribution < 1.29 is 18.3 Å². The van der Waals surface area contributed by atoms with Crippen molar-refractivity contribution in [1.29, 1.82) is 0 Å². The van der Waals surface area contributed by atoms with Gasteiger partial charge in [0, 0.05) is 13.1 Å². The van der Waals surface area contributed by atoms with Crippen LogP contribution in [0.3, 0.4) is 0 Å². The zero-order valence-corrected chi connectivity index (χ0v) is 16.8. The molecule has 1 aliphatic heterocycles. The fourth-order valence-electron chi connectivity index (χ4n) is 2.71. The monoisotopic (exact) mass is 447 g/mol. The summed E-state index contributed by atoms with van der Waals surface area (Å²) < 4.78 is 38.3. The number of hydrazone groups is 1. The standard InChI is InChI=1S/C19H16ClF2N7O2/c20-18-23-11-15(22)17(27-18)31-13-3-1-12(2-4-13)9-25-28-19-24-10-14(21)16(26-19)29-5-7-30-8-6-29/h1-4,9-11H,5-8H2,(H,24,26,28)/b25-9+. The van der Waals surface area contributed by atoms with Gasteiger partial charge in [0.1, 0.15) is 5.75 Å². The van der Waals surface area contributed by atoms with Crippen molar-refractivity contribution in [3.8, 4) is 11.6 Å². The van der Waals surface area contributed by atoms with Crippen LogP contribution < -0.4 is 15.1 Å². The van der Waals surface area contributed by atoms with Crippen LogP contribution in [0.4, 0.5) is 20.5 Å². The molecule has 0 aliphatic carbocycles. The molecule has 1 aromatic carbocycles. The molecule has 0 bridgehead atoms. The molecule has 0 radical (unpaired) electrons. The van der Waals surface area contributed by atoms with Crippen molar-refractivity contribution >= 4 is 29.6 Å². The number of ether oxygens (including phenoxy) is 2. The van der Waals surface area contributed by atoms with E-state index in [0.717, 1.165) is 18.0 Å². The van der Waals surface area contributed by atoms with Gasteiger partial charge in [-0.2, -0.15) is 19.5 Å². The molecule has 0 atom stereocenters. The summed E-state index contributed by atoms with van der Waals surface area (Å²) in [4.78, 5) is 17.1. The largest absolute Gasteiger partial charge is 0.436 e. The maximum absolute atomic E-state index is 14.1. The predicted octanol–water partition coefficient (Wildman–Crippen LogP) is 3.27. The summed E-state index contributed by atoms with van der Waals surface area (Å²) in [5.41, 5.74) is 3.40. The van der Waals surface area contributed by atoms with Gasteiger partial charge >= 0.3 is 0 Å². The van der Waals surface area contributed by atoms with Crippen LogP contribution >= 0.6 is 11.6 Å². The minimum Gasteiger partial charge on any atom is -0.436 e. The molecule has 1 aliphatic rings. The maximum atomic E-state index is 14.1. The summed E-state index contributed by atoms with van der Waals surface area (Å²) in [5, 5.41) is 3.94. The Morgan fingerprint density at radius 3 is 2.58 bits per heavy atom. The summed E-state index contributed by atoms with van der Waals surface area (Å²) in [5.74, 6) is -0.781. The van der Waals surface area contributed by atoms with E-state index >= 15 is 0 Å². The number of nitrogens with zero attached hydrogens (tertiary/aromatic N) is 6. The van der Waals surface area contributed by atoms with E-state index < -0.39 is 11.6 Å². The summed E-state index contributed by atoms with van der Waals surface area (Å²) in [6, 6.07) is 6.63. The number of aromatic nitrogens is 4. The van der Waals surface area contributed by atoms with E-state index in [1.165, 1.54) is 6.21 Å². The van der Waals surface area contributed by atoms with Crippen LogP contribution in [0.5, 0.6) is 11.6 Å². The van der Waals surface area contributed by atoms with Gasteiger partial charge in [-0.05, 0) is 41.4 Å². The molecule has 1 fully saturated rings. The Labute approximate surface area is 180 Å². The molecule has 0 spiro atoms. The van der Waals surface area contributed by atoms with Crippen molar-refractivity contribution in [3.05, 3.63) is 59.1 Å². The quantitative estimate of drug-likeness (QED) is 0.349. The normalized spacial score (nSPS) is 14.1. The van der Waals surface area contributed by atoms with Crippen LogP contribution in [-0.4, -0.2) is 52.5 Å². The second-order valence-corrected chi connectivity index (χ2v) is 6.64. The lowest BCUT2D eigenvalue weighted by atomic mass is 10.2. The Kier molecular flexibility index (Phi) is 6.43. The maximum Gasteiger partial charge on any atom is 0.260 e. The zero-order valence-electron chi connectivity index (χ0n) is 16.0. The summed E-state index contributed by atoms with van der Waals surface area (Å²) in [7, 11) is 0. The molecule has 160 valence electrons. The Bertz CT molecular complexity index is 1080. The number of benzene rings is 1. The van der Waals surface area contributed by atoms with E-state index in [1.54, 1.807) is 29.2 Å². The number of halogens is 3. The number of rotatable bonds is 6. The first-order valence-electron chi connectivity index (χ1n) is 9.19. The van der Waals surface area contributed by atoms with Crippen molar-refractivity contribution in [2.75, 3.05) is 36.6 Å². The van der Waals surface area contributed by atoms with Gasteiger partial charge in [0.25, 0.3) is 5.88 Å². The minimum atomic E-state index is -0.727. The van der Waals surface area contributed by atoms with Crippen LogP contribution in [0, 0.1) is 11.6 Å². The highest BCUT2D eigenvalue weighted by molar-refractivity contribution is 6.28. The van der Waals surface area contributed by atoms with Crippen molar-refractivity contribution in [3.63, 3.8) is 0 Å². The molecule has 31 heavy (non-hydrogen) atoms. The molecule has 0 amide bonds. The highest BCUT2D eigenvalue weighted by atomic mass is 35.5. The van der Waals surface area contributed by atoms with E-state index in [2.05, 4.69) is 30.5 Å². The van der Waals surface area contributed by atoms with E-state index in [-0.39, 0.29) is 22.9 Å². The molecule has 2 aromatic heterocycles. The summed E-state index contributed by atoms with van der Waals surface area (Å²) in [6.45, 7) is 2.13. The van der Waals surface area contributed by atoms with Gasteiger partial charge in [-0.25, -0.2) is 19.8 Å². The van der Waals surface area contributed by atoms with Crippen LogP contribution in [0.15, 0.2) is 41.8 Å². The molecule has 1 saturated heterocycles. The lowest BCUT2D eigenvalue weighted by Crippen LogP contribution is -2.37. The first kappa shape index (κ1) is 20.8. The van der Waals surface area contributed by atoms with Gasteiger partial charge in [-0.3, -0.25) is 0 Å². The molecule has 1 N–H and O–H groups in total. The number of morpholine rings is 1. The van der Waals surface area contributed by atoms with Gasteiger partial charge in [-0.1, -0.05) is 0 Å². The molecule has 12 heteroatoms. The van der Waals surface area contributed by atoms with Gasteiger partial charge in [0.2, 0.25) is 17.0 Å². The third-order valence-corrected chi connectivity index (χ3v) is 4.37. The van der Waals surface area contributed by atoms with Crippen LogP contribution in [0.2, 0.25) is 5.28 Å². The zero-order chi connectivity index (χ0) is 21.6. The second-order valence-electron chi connectivity index (χ2n) is 6.30. The smallest absolute Gasteiger partial charge is 0.260 e. The number of hydrogen-bond donors (Lipinski definition) is 1. The van der Waals surface area contributed by atoms with Crippen molar-refractivity contribution in [1.82, 2.24) is 19.9 Å². The Balaban J connectivity index is 1.38. The van der Waals surface area contributed by atoms with Crippen LogP contribution in [0.1, 0.15) is 5.56 Å². The topological polar surface area (TPSA) is 97.7 Å². The van der Waals surface area contributed by atoms with Crippen LogP contribution in [0.25, 0.3) is 0 Å². The lowest BCUT2D eigenvalue weighted by Gasteiger charge is -2.27. The molecule has 9 nitrogen and oxygen atoms in total. The van der Waals surface area contributed by atoms with Gasteiger partial charge < -0.3 is 14.4 Å². The SMILES string of the molecule is Fc1cnc(Cl)nc1Oc1ccc(/C=N/Nc2ncc(F)c(N3CCOCC3)n2)cc1. The number of anilines is 2. The molecule has 3 heterocycles. The van der Waals surface area contributed by atoms with E-state index in [4.69, 9.17) is 21.1 Å². The summed E-state index contributed by atoms with van der Waals surface area (Å²) in [6.07, 6.45) is 3.55. The molecular formula is C19H16ClF2N7O2. The van der Waals surface area contributed by atoms with E-state index in [9.17, 15) is 8.78 Å². The van der Waals surface area contributed by atoms with Crippen LogP contribution in [-0.2, 0) is 4.74 Å². The first-order valence-corrected chi connectivity index (χ1v) is 9.56. The fraction of sp³-hybridized carbons (Fsp3) is 0.211. The molecule has 4 rings (SSSR count). The Morgan fingerprint density at radius 1 is 1.06 bits per heavy atom. The van der Waals surface area contributed by atoms with E-state index in [1.807, 2.05) is 0 Å². The average molecular weight is 448 g/mol. The highest BCUT2D eigenvalue weighted by Gasteiger charge is 2.17. The molecular weight excluding hydrogens is 432 g/mol. The third-order valence-electron chi connectivity index (χ3n) is 4.19. The van der Waals surface area contributed by atoms with Crippen molar-refractivity contribution in [2.45, 2.75) is 0 Å². The Hall–Kier alpha value is -3.44. The number of nitrogens with one attached hydrogen (secondary N) is 1. The fourth-order valence-corrected chi connectivity index (χ4v) is 2.84. The average Bonchev–Trinajstić information content (AvgIpc) is 2.79. The second kappa shape index (κ2) is 9.58. The predicted molar refractivity (Wildman–Crippen MR) is 110 cm³/mol. The number of hydrogen-bond acceptors (Lipinski definition) is 9. The highest BCUT2D eigenvalue weighted by Crippen LogP contribution is 2.23. The lowest BCUT2D eigenvalue weighted by molar-refractivity contribution is 0.122. The van der Waals surface area contributed by atoms with Gasteiger partial charge in [-0.15, -0.1) is 0 Å².